The Morgan fingerprint density at radius 1 is 1.35 bits per heavy atom. The van der Waals surface area contributed by atoms with E-state index < -0.39 is 0 Å². The number of nitrogens with zero attached hydrogens (tertiary/aromatic N) is 1. The van der Waals surface area contributed by atoms with E-state index in [1.165, 1.54) is 35.0 Å². The number of hydrogen-bond donors (Lipinski definition) is 1. The first-order chi connectivity index (χ1) is 9.83. The van der Waals surface area contributed by atoms with E-state index in [0.717, 1.165) is 13.2 Å². The molecule has 0 saturated carbocycles. The van der Waals surface area contributed by atoms with Gasteiger partial charge in [0.2, 0.25) is 0 Å². The second-order valence-electron chi connectivity index (χ2n) is 5.87. The van der Waals surface area contributed by atoms with E-state index in [1.807, 2.05) is 0 Å². The topological polar surface area (TPSA) is 38.5 Å². The molecule has 2 aliphatic rings. The lowest BCUT2D eigenvalue weighted by atomic mass is 9.99. The van der Waals surface area contributed by atoms with Gasteiger partial charge >= 0.3 is 0 Å². The molecular weight excluding hydrogens is 268 g/mol. The monoisotopic (exact) mass is 288 g/mol. The number of benzene rings is 1. The fourth-order valence-electron chi connectivity index (χ4n) is 3.54. The Balaban J connectivity index is 1.60. The first-order valence-electron chi connectivity index (χ1n) is 7.40. The average Bonchev–Trinajstić information content (AvgIpc) is 3.13. The molecule has 0 amide bonds. The molecule has 4 rings (SSSR count). The summed E-state index contributed by atoms with van der Waals surface area (Å²) in [6.45, 7) is 3.03. The van der Waals surface area contributed by atoms with Gasteiger partial charge in [0.15, 0.2) is 0 Å². The molecule has 1 aromatic heterocycles. The molecule has 2 saturated heterocycles. The van der Waals surface area contributed by atoms with Gasteiger partial charge in [-0.15, -0.1) is 11.3 Å². The van der Waals surface area contributed by atoms with Crippen LogP contribution < -0.4 is 5.73 Å². The van der Waals surface area contributed by atoms with Crippen molar-refractivity contribution in [2.24, 2.45) is 5.73 Å². The van der Waals surface area contributed by atoms with Crippen molar-refractivity contribution in [3.05, 3.63) is 35.2 Å². The van der Waals surface area contributed by atoms with Gasteiger partial charge in [0.25, 0.3) is 0 Å². The van der Waals surface area contributed by atoms with E-state index in [4.69, 9.17) is 10.5 Å². The lowest BCUT2D eigenvalue weighted by molar-refractivity contribution is -0.0595. The third-order valence-electron chi connectivity index (χ3n) is 4.69. The molecule has 3 unspecified atom stereocenters. The Bertz CT molecular complexity index is 611. The Kier molecular flexibility index (Phi) is 3.27. The minimum atomic E-state index is -0.0288. The number of rotatable bonds is 2. The SMILES string of the molecule is NC(c1cccc2ccsc12)C1CN2CCCC2CO1. The molecule has 0 radical (unpaired) electrons. The van der Waals surface area contributed by atoms with Gasteiger partial charge in [-0.3, -0.25) is 4.90 Å². The normalized spacial score (nSPS) is 28.6. The Hall–Kier alpha value is -0.940. The van der Waals surface area contributed by atoms with E-state index in [-0.39, 0.29) is 12.1 Å². The van der Waals surface area contributed by atoms with Crippen LogP contribution in [0.5, 0.6) is 0 Å². The van der Waals surface area contributed by atoms with Crippen LogP contribution in [-0.2, 0) is 4.74 Å². The zero-order valence-electron chi connectivity index (χ0n) is 11.5. The highest BCUT2D eigenvalue weighted by molar-refractivity contribution is 7.17. The molecule has 3 heterocycles. The number of ether oxygens (including phenoxy) is 1. The summed E-state index contributed by atoms with van der Waals surface area (Å²) in [6.07, 6.45) is 2.70. The van der Waals surface area contributed by atoms with Gasteiger partial charge < -0.3 is 10.5 Å². The van der Waals surface area contributed by atoms with Crippen LogP contribution in [0.4, 0.5) is 0 Å². The van der Waals surface area contributed by atoms with Gasteiger partial charge in [-0.25, -0.2) is 0 Å². The van der Waals surface area contributed by atoms with Gasteiger partial charge in [-0.2, -0.15) is 0 Å². The smallest absolute Gasteiger partial charge is 0.0895 e. The quantitative estimate of drug-likeness (QED) is 0.923. The summed E-state index contributed by atoms with van der Waals surface area (Å²) < 4.78 is 7.38. The molecular formula is C16H20N2OS. The second-order valence-corrected chi connectivity index (χ2v) is 6.79. The van der Waals surface area contributed by atoms with Crippen molar-refractivity contribution in [2.45, 2.75) is 31.0 Å². The van der Waals surface area contributed by atoms with E-state index >= 15 is 0 Å². The predicted molar refractivity (Wildman–Crippen MR) is 83.1 cm³/mol. The molecule has 20 heavy (non-hydrogen) atoms. The summed E-state index contributed by atoms with van der Waals surface area (Å²) in [6, 6.07) is 9.18. The summed E-state index contributed by atoms with van der Waals surface area (Å²) in [5.41, 5.74) is 7.77. The van der Waals surface area contributed by atoms with E-state index in [1.54, 1.807) is 11.3 Å². The van der Waals surface area contributed by atoms with E-state index in [2.05, 4.69) is 34.5 Å². The fraction of sp³-hybridized carbons (Fsp3) is 0.500. The Labute approximate surface area is 123 Å². The molecule has 4 heteroatoms. The van der Waals surface area contributed by atoms with Gasteiger partial charge in [-0.1, -0.05) is 18.2 Å². The lowest BCUT2D eigenvalue weighted by Gasteiger charge is -2.37. The summed E-state index contributed by atoms with van der Waals surface area (Å²) in [7, 11) is 0. The summed E-state index contributed by atoms with van der Waals surface area (Å²) in [5, 5.41) is 3.43. The summed E-state index contributed by atoms with van der Waals surface area (Å²) in [5.74, 6) is 0. The van der Waals surface area contributed by atoms with Crippen LogP contribution >= 0.6 is 11.3 Å². The highest BCUT2D eigenvalue weighted by atomic mass is 32.1. The summed E-state index contributed by atoms with van der Waals surface area (Å²) in [4.78, 5) is 2.56. The average molecular weight is 288 g/mol. The van der Waals surface area contributed by atoms with E-state index in [0.29, 0.717) is 6.04 Å². The molecule has 0 bridgehead atoms. The zero-order chi connectivity index (χ0) is 13.5. The maximum atomic E-state index is 6.53. The van der Waals surface area contributed by atoms with Gasteiger partial charge in [-0.05, 0) is 41.8 Å². The van der Waals surface area contributed by atoms with Crippen LogP contribution in [0.2, 0.25) is 0 Å². The van der Waals surface area contributed by atoms with Crippen molar-refractivity contribution in [3.8, 4) is 0 Å². The molecule has 2 fully saturated rings. The zero-order valence-corrected chi connectivity index (χ0v) is 12.3. The Morgan fingerprint density at radius 3 is 3.25 bits per heavy atom. The van der Waals surface area contributed by atoms with Gasteiger partial charge in [0.05, 0.1) is 18.8 Å². The lowest BCUT2D eigenvalue weighted by Crippen LogP contribution is -2.49. The molecule has 2 N–H and O–H groups in total. The highest BCUT2D eigenvalue weighted by Crippen LogP contribution is 2.33. The van der Waals surface area contributed by atoms with Crippen LogP contribution in [0.15, 0.2) is 29.6 Å². The fourth-order valence-corrected chi connectivity index (χ4v) is 4.50. The maximum Gasteiger partial charge on any atom is 0.0895 e. The maximum absolute atomic E-state index is 6.53. The third-order valence-corrected chi connectivity index (χ3v) is 5.66. The Morgan fingerprint density at radius 2 is 2.30 bits per heavy atom. The molecule has 3 nitrogen and oxygen atoms in total. The van der Waals surface area contributed by atoms with Gasteiger partial charge in [0.1, 0.15) is 0 Å². The minimum absolute atomic E-state index is 0.0288. The largest absolute Gasteiger partial charge is 0.373 e. The molecule has 2 aliphatic heterocycles. The van der Waals surface area contributed by atoms with Crippen molar-refractivity contribution in [1.82, 2.24) is 4.90 Å². The number of fused-ring (bicyclic) bond motifs is 2. The number of nitrogens with two attached hydrogens (primary N) is 1. The first kappa shape index (κ1) is 12.8. The van der Waals surface area contributed by atoms with Crippen LogP contribution in [0, 0.1) is 0 Å². The molecule has 3 atom stereocenters. The predicted octanol–water partition coefficient (Wildman–Crippen LogP) is 2.76. The second kappa shape index (κ2) is 5.11. The van der Waals surface area contributed by atoms with E-state index in [9.17, 15) is 0 Å². The number of morpholine rings is 1. The number of hydrogen-bond acceptors (Lipinski definition) is 4. The van der Waals surface area contributed by atoms with Crippen molar-refractivity contribution in [1.29, 1.82) is 0 Å². The minimum Gasteiger partial charge on any atom is -0.373 e. The summed E-state index contributed by atoms with van der Waals surface area (Å²) >= 11 is 1.78. The molecule has 106 valence electrons. The van der Waals surface area contributed by atoms with Crippen LogP contribution in [0.3, 0.4) is 0 Å². The highest BCUT2D eigenvalue weighted by Gasteiger charge is 2.35. The van der Waals surface area contributed by atoms with Crippen LogP contribution in [0.1, 0.15) is 24.4 Å². The molecule has 2 aromatic rings. The van der Waals surface area contributed by atoms with Crippen molar-refractivity contribution >= 4 is 21.4 Å². The van der Waals surface area contributed by atoms with Crippen molar-refractivity contribution in [2.75, 3.05) is 19.7 Å². The first-order valence-corrected chi connectivity index (χ1v) is 8.28. The molecule has 1 aromatic carbocycles. The third kappa shape index (κ3) is 2.07. The molecule has 0 spiro atoms. The van der Waals surface area contributed by atoms with Crippen LogP contribution in [-0.4, -0.2) is 36.7 Å². The van der Waals surface area contributed by atoms with Crippen molar-refractivity contribution in [3.63, 3.8) is 0 Å². The molecule has 0 aliphatic carbocycles. The number of thiophene rings is 1. The van der Waals surface area contributed by atoms with Crippen molar-refractivity contribution < 1.29 is 4.74 Å². The van der Waals surface area contributed by atoms with Crippen LogP contribution in [0.25, 0.3) is 10.1 Å². The van der Waals surface area contributed by atoms with Gasteiger partial charge in [0, 0.05) is 17.3 Å². The standard InChI is InChI=1S/C16H20N2OS/c17-15(13-5-1-3-11-6-8-20-16(11)13)14-9-18-7-2-4-12(18)10-19-14/h1,3,5-6,8,12,14-15H,2,4,7,9-10,17H2.